The molecule has 1 unspecified atom stereocenters. The van der Waals surface area contributed by atoms with E-state index in [1.807, 2.05) is 32.2 Å². The van der Waals surface area contributed by atoms with Crippen molar-refractivity contribution in [3.63, 3.8) is 0 Å². The highest BCUT2D eigenvalue weighted by Gasteiger charge is 2.50. The second kappa shape index (κ2) is 9.51. The average Bonchev–Trinajstić information content (AvgIpc) is 3.65. The Bertz CT molecular complexity index is 1690. The van der Waals surface area contributed by atoms with Crippen LogP contribution in [-0.2, 0) is 16.6 Å². The third-order valence-corrected chi connectivity index (χ3v) is 7.71. The highest BCUT2D eigenvalue weighted by molar-refractivity contribution is 6.00. The number of alkyl halides is 2. The van der Waals surface area contributed by atoms with E-state index in [4.69, 9.17) is 9.78 Å². The molecule has 4 aromatic rings. The molecule has 2 aliphatic rings. The lowest BCUT2D eigenvalue weighted by Crippen LogP contribution is -2.51. The zero-order chi connectivity index (χ0) is 28.2. The minimum Gasteiger partial charge on any atom is -0.338 e. The Morgan fingerprint density at radius 3 is 2.83 bits per heavy atom. The van der Waals surface area contributed by atoms with Crippen molar-refractivity contribution in [2.45, 2.75) is 31.6 Å². The number of carbonyl (C=O) groups excluding carboxylic acids is 2. The third kappa shape index (κ3) is 4.37. The quantitative estimate of drug-likeness (QED) is 0.382. The predicted octanol–water partition coefficient (Wildman–Crippen LogP) is 3.81. The van der Waals surface area contributed by atoms with Crippen LogP contribution in [0.5, 0.6) is 0 Å². The lowest BCUT2D eigenvalue weighted by molar-refractivity contribution is -0.149. The van der Waals surface area contributed by atoms with E-state index in [2.05, 4.69) is 15.2 Å². The predicted molar refractivity (Wildman–Crippen MR) is 139 cm³/mol. The fourth-order valence-corrected chi connectivity index (χ4v) is 5.63. The van der Waals surface area contributed by atoms with Gasteiger partial charge in [0.15, 0.2) is 0 Å². The molecule has 0 radical (unpaired) electrons. The second-order valence-corrected chi connectivity index (χ2v) is 10.3. The number of anilines is 1. The van der Waals surface area contributed by atoms with Gasteiger partial charge in [-0.25, -0.2) is 8.78 Å². The van der Waals surface area contributed by atoms with Crippen molar-refractivity contribution in [1.29, 1.82) is 5.26 Å². The van der Waals surface area contributed by atoms with E-state index in [9.17, 15) is 9.59 Å². The molecule has 2 amide bonds. The molecule has 0 N–H and O–H groups in total. The monoisotopic (exact) mass is 545 g/mol. The molecule has 2 aromatic heterocycles. The van der Waals surface area contributed by atoms with E-state index < -0.39 is 30.2 Å². The van der Waals surface area contributed by atoms with Crippen LogP contribution in [0, 0.1) is 24.2 Å². The number of rotatable bonds is 4. The summed E-state index contributed by atoms with van der Waals surface area (Å²) in [5, 5.41) is 18.5. The molecule has 0 aliphatic carbocycles. The van der Waals surface area contributed by atoms with Crippen LogP contribution >= 0.6 is 0 Å². The number of hydrogen-bond acceptors (Lipinski definition) is 7. The molecular weight excluding hydrogens is 520 g/mol. The van der Waals surface area contributed by atoms with Crippen LogP contribution in [0.1, 0.15) is 35.9 Å². The summed E-state index contributed by atoms with van der Waals surface area (Å²) in [7, 11) is 1.82. The number of hydrogen-bond donors (Lipinski definition) is 0. The van der Waals surface area contributed by atoms with E-state index >= 15 is 8.78 Å². The van der Waals surface area contributed by atoms with E-state index in [0.717, 1.165) is 21.5 Å². The first-order valence-corrected chi connectivity index (χ1v) is 12.9. The minimum absolute atomic E-state index is 0.0606. The molecule has 40 heavy (non-hydrogen) atoms. The number of piperidine rings is 1. The SMILES string of the molecule is Cc1nn(C)c2cc(-c3noc(C4CCN(C(=O)[C@H]5CC(=O)N(c6cccc(C#N)c6)C5)CC4(F)F)n3)ccc12. The maximum Gasteiger partial charge on any atom is 0.276 e. The Kier molecular flexibility index (Phi) is 6.09. The van der Waals surface area contributed by atoms with Gasteiger partial charge in [-0.3, -0.25) is 14.3 Å². The van der Waals surface area contributed by atoms with Crippen LogP contribution in [0.15, 0.2) is 47.0 Å². The summed E-state index contributed by atoms with van der Waals surface area (Å²) in [5.74, 6) is -6.13. The maximum atomic E-state index is 15.4. The number of amides is 2. The summed E-state index contributed by atoms with van der Waals surface area (Å²) in [6, 6.07) is 14.1. The topological polar surface area (TPSA) is 121 Å². The van der Waals surface area contributed by atoms with Crippen LogP contribution < -0.4 is 4.90 Å². The van der Waals surface area contributed by atoms with Gasteiger partial charge in [-0.05, 0) is 37.6 Å². The van der Waals surface area contributed by atoms with Crippen molar-refractivity contribution in [2.24, 2.45) is 13.0 Å². The Hall–Kier alpha value is -4.66. The fraction of sp³-hybridized carbons (Fsp3) is 0.357. The van der Waals surface area contributed by atoms with Gasteiger partial charge in [0.05, 0.1) is 35.3 Å². The van der Waals surface area contributed by atoms with Gasteiger partial charge < -0.3 is 14.3 Å². The van der Waals surface area contributed by atoms with Gasteiger partial charge in [-0.1, -0.05) is 23.4 Å². The first-order valence-electron chi connectivity index (χ1n) is 12.9. The fourth-order valence-electron chi connectivity index (χ4n) is 5.63. The Balaban J connectivity index is 1.15. The average molecular weight is 546 g/mol. The summed E-state index contributed by atoms with van der Waals surface area (Å²) >= 11 is 0. The molecule has 2 aromatic carbocycles. The third-order valence-electron chi connectivity index (χ3n) is 7.71. The highest BCUT2D eigenvalue weighted by atomic mass is 19.3. The molecule has 10 nitrogen and oxygen atoms in total. The van der Waals surface area contributed by atoms with Gasteiger partial charge in [0, 0.05) is 43.2 Å². The number of halogens is 2. The van der Waals surface area contributed by atoms with Crippen LogP contribution in [-0.4, -0.2) is 62.2 Å². The molecule has 2 saturated heterocycles. The van der Waals surface area contributed by atoms with Crippen molar-refractivity contribution in [3.8, 4) is 17.5 Å². The summed E-state index contributed by atoms with van der Waals surface area (Å²) < 4.78 is 37.8. The van der Waals surface area contributed by atoms with Crippen LogP contribution in [0.25, 0.3) is 22.3 Å². The van der Waals surface area contributed by atoms with E-state index in [1.54, 1.807) is 35.0 Å². The van der Waals surface area contributed by atoms with E-state index in [0.29, 0.717) is 16.8 Å². The lowest BCUT2D eigenvalue weighted by Gasteiger charge is -2.37. The largest absolute Gasteiger partial charge is 0.338 e. The Morgan fingerprint density at radius 2 is 2.05 bits per heavy atom. The van der Waals surface area contributed by atoms with Gasteiger partial charge in [0.25, 0.3) is 5.92 Å². The molecule has 12 heteroatoms. The van der Waals surface area contributed by atoms with Gasteiger partial charge in [0.2, 0.25) is 23.5 Å². The Morgan fingerprint density at radius 1 is 1.23 bits per heavy atom. The maximum absolute atomic E-state index is 15.4. The summed E-state index contributed by atoms with van der Waals surface area (Å²) in [6.45, 7) is 1.25. The molecule has 0 spiro atoms. The molecule has 4 heterocycles. The normalized spacial score (nSPS) is 20.7. The standard InChI is InChI=1S/C28H25F2N7O3/c1-16-21-7-6-18(11-23(21)35(2)33-16)25-32-26(40-34-25)22-8-9-36(15-28(22,29)30)27(39)19-12-24(38)37(14-19)20-5-3-4-17(10-20)13-31/h3-7,10-11,19,22H,8-9,12,14-15H2,1-2H3/t19-,22?/m0/s1. The molecule has 6 rings (SSSR count). The van der Waals surface area contributed by atoms with Crippen LogP contribution in [0.2, 0.25) is 0 Å². The smallest absolute Gasteiger partial charge is 0.276 e. The van der Waals surface area contributed by atoms with Gasteiger partial charge in [-0.15, -0.1) is 0 Å². The van der Waals surface area contributed by atoms with Crippen molar-refractivity contribution >= 4 is 28.4 Å². The number of aromatic nitrogens is 4. The lowest BCUT2D eigenvalue weighted by atomic mass is 9.91. The van der Waals surface area contributed by atoms with Gasteiger partial charge in [0.1, 0.15) is 5.92 Å². The number of carbonyl (C=O) groups is 2. The van der Waals surface area contributed by atoms with Gasteiger partial charge in [-0.2, -0.15) is 15.3 Å². The van der Waals surface area contributed by atoms with Crippen molar-refractivity contribution < 1.29 is 22.9 Å². The molecule has 0 saturated carbocycles. The summed E-state index contributed by atoms with van der Waals surface area (Å²) in [4.78, 5) is 32.7. The van der Waals surface area contributed by atoms with Crippen LogP contribution in [0.3, 0.4) is 0 Å². The van der Waals surface area contributed by atoms with Crippen molar-refractivity contribution in [2.75, 3.05) is 24.5 Å². The molecule has 2 aliphatic heterocycles. The molecule has 2 atom stereocenters. The summed E-state index contributed by atoms with van der Waals surface area (Å²) in [5.41, 5.74) is 3.26. The first kappa shape index (κ1) is 25.6. The molecule has 0 bridgehead atoms. The summed E-state index contributed by atoms with van der Waals surface area (Å²) in [6.07, 6.45) is -0.135. The molecule has 2 fully saturated rings. The second-order valence-electron chi connectivity index (χ2n) is 10.3. The zero-order valence-electron chi connectivity index (χ0n) is 21.8. The van der Waals surface area contributed by atoms with Crippen molar-refractivity contribution in [3.05, 3.63) is 59.6 Å². The minimum atomic E-state index is -3.30. The molecular formula is C28H25F2N7O3. The van der Waals surface area contributed by atoms with E-state index in [1.165, 1.54) is 4.90 Å². The number of likely N-dealkylation sites (tertiary alicyclic amines) is 1. The zero-order valence-corrected chi connectivity index (χ0v) is 21.8. The first-order chi connectivity index (χ1) is 19.1. The number of nitrogens with zero attached hydrogens (tertiary/aromatic N) is 7. The highest BCUT2D eigenvalue weighted by Crippen LogP contribution is 2.41. The van der Waals surface area contributed by atoms with Crippen molar-refractivity contribution in [1.82, 2.24) is 24.8 Å². The number of nitriles is 1. The number of fused-ring (bicyclic) bond motifs is 1. The number of benzene rings is 2. The number of aryl methyl sites for hydroxylation is 2. The van der Waals surface area contributed by atoms with Gasteiger partial charge >= 0.3 is 0 Å². The van der Waals surface area contributed by atoms with E-state index in [-0.39, 0.29) is 43.6 Å². The molecule has 204 valence electrons. The van der Waals surface area contributed by atoms with Crippen LogP contribution in [0.4, 0.5) is 14.5 Å². The Labute approximate surface area is 227 Å².